The molecule has 1 amide bonds. The number of aryl methyl sites for hydroxylation is 2. The van der Waals surface area contributed by atoms with Gasteiger partial charge in [-0.2, -0.15) is 0 Å². The van der Waals surface area contributed by atoms with E-state index in [1.165, 1.54) is 4.57 Å². The molecule has 0 unspecified atom stereocenters. The number of carbonyl (C=O) groups is 1. The standard InChI is InChI=1S/C19H24BrN7O3/c1-4-5-8-27-17-16(18(29)24-19(27)30)26(3)14(23-17)10-25(2)11-15(28)22-13-7-6-12(20)9-21-13/h6-7,9H,4-5,8,10-11H2,1-3H3,(H,21,22,28)(H,24,29,30). The van der Waals surface area contributed by atoms with Crippen LogP contribution in [-0.2, 0) is 24.9 Å². The zero-order chi connectivity index (χ0) is 21.8. The van der Waals surface area contributed by atoms with Crippen LogP contribution in [0.5, 0.6) is 0 Å². The van der Waals surface area contributed by atoms with Crippen molar-refractivity contribution >= 4 is 38.8 Å². The Morgan fingerprint density at radius 3 is 2.77 bits per heavy atom. The highest BCUT2D eigenvalue weighted by molar-refractivity contribution is 9.10. The van der Waals surface area contributed by atoms with Crippen molar-refractivity contribution in [2.45, 2.75) is 32.9 Å². The molecule has 3 aromatic rings. The summed E-state index contributed by atoms with van der Waals surface area (Å²) in [4.78, 5) is 49.7. The van der Waals surface area contributed by atoms with E-state index in [1.807, 2.05) is 6.92 Å². The molecule has 0 aliphatic heterocycles. The number of likely N-dealkylation sites (N-methyl/N-ethyl adjacent to an activating group) is 1. The monoisotopic (exact) mass is 477 g/mol. The number of aromatic amines is 1. The molecule has 0 bridgehead atoms. The normalized spacial score (nSPS) is 11.4. The molecule has 160 valence electrons. The van der Waals surface area contributed by atoms with Crippen LogP contribution < -0.4 is 16.6 Å². The summed E-state index contributed by atoms with van der Waals surface area (Å²) in [7, 11) is 3.51. The van der Waals surface area contributed by atoms with Crippen molar-refractivity contribution in [2.75, 3.05) is 18.9 Å². The number of unbranched alkanes of at least 4 members (excludes halogenated alkanes) is 1. The fraction of sp³-hybridized carbons (Fsp3) is 0.421. The molecular weight excluding hydrogens is 454 g/mol. The van der Waals surface area contributed by atoms with Gasteiger partial charge in [0.2, 0.25) is 5.91 Å². The van der Waals surface area contributed by atoms with Crippen LogP contribution >= 0.6 is 15.9 Å². The Morgan fingerprint density at radius 1 is 1.33 bits per heavy atom. The van der Waals surface area contributed by atoms with E-state index in [9.17, 15) is 14.4 Å². The highest BCUT2D eigenvalue weighted by Crippen LogP contribution is 2.13. The lowest BCUT2D eigenvalue weighted by Crippen LogP contribution is -2.31. The zero-order valence-electron chi connectivity index (χ0n) is 17.1. The van der Waals surface area contributed by atoms with E-state index in [1.54, 1.807) is 41.9 Å². The number of hydrogen-bond acceptors (Lipinski definition) is 6. The molecule has 0 saturated carbocycles. The molecule has 30 heavy (non-hydrogen) atoms. The number of halogens is 1. The maximum absolute atomic E-state index is 12.3. The first kappa shape index (κ1) is 21.9. The van der Waals surface area contributed by atoms with Crippen molar-refractivity contribution < 1.29 is 4.79 Å². The molecule has 2 N–H and O–H groups in total. The Kier molecular flexibility index (Phi) is 6.83. The summed E-state index contributed by atoms with van der Waals surface area (Å²) in [6.07, 6.45) is 3.32. The van der Waals surface area contributed by atoms with E-state index in [0.717, 1.165) is 17.3 Å². The lowest BCUT2D eigenvalue weighted by Gasteiger charge is -2.15. The molecule has 0 spiro atoms. The Hall–Kier alpha value is -2.79. The SMILES string of the molecule is CCCCn1c(=O)[nH]c(=O)c2c1nc(CN(C)CC(=O)Nc1ccc(Br)cn1)n2C. The molecule has 3 heterocycles. The predicted octanol–water partition coefficient (Wildman–Crippen LogP) is 1.45. The average molecular weight is 478 g/mol. The number of rotatable bonds is 8. The fourth-order valence-corrected chi connectivity index (χ4v) is 3.37. The summed E-state index contributed by atoms with van der Waals surface area (Å²) >= 11 is 3.30. The van der Waals surface area contributed by atoms with Crippen LogP contribution in [0.15, 0.2) is 32.4 Å². The van der Waals surface area contributed by atoms with Crippen LogP contribution in [0.25, 0.3) is 11.2 Å². The van der Waals surface area contributed by atoms with Crippen molar-refractivity contribution in [1.29, 1.82) is 0 Å². The van der Waals surface area contributed by atoms with Gasteiger partial charge in [-0.05, 0) is 41.5 Å². The Bertz CT molecular complexity index is 1160. The van der Waals surface area contributed by atoms with Gasteiger partial charge in [0.15, 0.2) is 11.2 Å². The number of aromatic nitrogens is 5. The van der Waals surface area contributed by atoms with Gasteiger partial charge in [-0.25, -0.2) is 14.8 Å². The number of nitrogens with one attached hydrogen (secondary N) is 2. The minimum absolute atomic E-state index is 0.111. The van der Waals surface area contributed by atoms with E-state index in [2.05, 4.69) is 36.2 Å². The Labute approximate surface area is 181 Å². The first-order chi connectivity index (χ1) is 14.3. The molecular formula is C19H24BrN7O3. The van der Waals surface area contributed by atoms with E-state index in [4.69, 9.17) is 0 Å². The van der Waals surface area contributed by atoms with Gasteiger partial charge in [0.05, 0.1) is 13.1 Å². The maximum atomic E-state index is 12.3. The number of amides is 1. The summed E-state index contributed by atoms with van der Waals surface area (Å²) in [5.74, 6) is 0.831. The van der Waals surface area contributed by atoms with Crippen molar-refractivity contribution in [3.8, 4) is 0 Å². The molecule has 0 aliphatic carbocycles. The summed E-state index contributed by atoms with van der Waals surface area (Å²) in [5, 5.41) is 2.74. The van der Waals surface area contributed by atoms with Crippen LogP contribution in [0.3, 0.4) is 0 Å². The quantitative estimate of drug-likeness (QED) is 0.506. The number of carbonyl (C=O) groups excluding carboxylic acids is 1. The highest BCUT2D eigenvalue weighted by Gasteiger charge is 2.18. The van der Waals surface area contributed by atoms with Crippen LogP contribution in [0.1, 0.15) is 25.6 Å². The summed E-state index contributed by atoms with van der Waals surface area (Å²) in [6, 6.07) is 3.50. The van der Waals surface area contributed by atoms with Crippen LogP contribution in [0.4, 0.5) is 5.82 Å². The van der Waals surface area contributed by atoms with Crippen molar-refractivity contribution in [3.05, 3.63) is 49.5 Å². The number of imidazole rings is 1. The summed E-state index contributed by atoms with van der Waals surface area (Å²) < 4.78 is 3.99. The minimum atomic E-state index is -0.467. The molecule has 0 aromatic carbocycles. The van der Waals surface area contributed by atoms with Gasteiger partial charge in [0.1, 0.15) is 11.6 Å². The van der Waals surface area contributed by atoms with Gasteiger partial charge in [-0.1, -0.05) is 13.3 Å². The van der Waals surface area contributed by atoms with Crippen molar-refractivity contribution in [2.24, 2.45) is 7.05 Å². The lowest BCUT2D eigenvalue weighted by atomic mass is 10.3. The van der Waals surface area contributed by atoms with Crippen molar-refractivity contribution in [1.82, 2.24) is 29.0 Å². The molecule has 0 saturated heterocycles. The second-order valence-corrected chi connectivity index (χ2v) is 8.02. The molecule has 11 heteroatoms. The topological polar surface area (TPSA) is 118 Å². The lowest BCUT2D eigenvalue weighted by molar-refractivity contribution is -0.117. The molecule has 10 nitrogen and oxygen atoms in total. The second kappa shape index (κ2) is 9.35. The van der Waals surface area contributed by atoms with Gasteiger partial charge in [0, 0.05) is 24.3 Å². The molecule has 0 radical (unpaired) electrons. The summed E-state index contributed by atoms with van der Waals surface area (Å²) in [5.41, 5.74) is -0.213. The van der Waals surface area contributed by atoms with E-state index in [-0.39, 0.29) is 12.5 Å². The number of anilines is 1. The van der Waals surface area contributed by atoms with Crippen molar-refractivity contribution in [3.63, 3.8) is 0 Å². The number of nitrogens with zero attached hydrogens (tertiary/aromatic N) is 5. The molecule has 0 atom stereocenters. The smallest absolute Gasteiger partial charge is 0.324 e. The van der Waals surface area contributed by atoms with Gasteiger partial charge in [-0.15, -0.1) is 0 Å². The van der Waals surface area contributed by atoms with Crippen LogP contribution in [-0.4, -0.2) is 48.5 Å². The van der Waals surface area contributed by atoms with Crippen LogP contribution in [0, 0.1) is 0 Å². The highest BCUT2D eigenvalue weighted by atomic mass is 79.9. The first-order valence-electron chi connectivity index (χ1n) is 9.58. The van der Waals surface area contributed by atoms with Gasteiger partial charge >= 0.3 is 5.69 Å². The van der Waals surface area contributed by atoms with E-state index in [0.29, 0.717) is 35.9 Å². The number of hydrogen-bond donors (Lipinski definition) is 2. The zero-order valence-corrected chi connectivity index (χ0v) is 18.7. The number of fused-ring (bicyclic) bond motifs is 1. The van der Waals surface area contributed by atoms with Crippen LogP contribution in [0.2, 0.25) is 0 Å². The predicted molar refractivity (Wildman–Crippen MR) is 117 cm³/mol. The third-order valence-corrected chi connectivity index (χ3v) is 5.13. The molecule has 3 aromatic heterocycles. The number of pyridine rings is 1. The largest absolute Gasteiger partial charge is 0.330 e. The number of H-pyrrole nitrogens is 1. The molecule has 0 aliphatic rings. The van der Waals surface area contributed by atoms with Gasteiger partial charge in [-0.3, -0.25) is 24.0 Å². The Balaban J connectivity index is 1.77. The third-order valence-electron chi connectivity index (χ3n) is 4.66. The second-order valence-electron chi connectivity index (χ2n) is 7.11. The maximum Gasteiger partial charge on any atom is 0.330 e. The first-order valence-corrected chi connectivity index (χ1v) is 10.4. The van der Waals surface area contributed by atoms with E-state index < -0.39 is 11.2 Å². The third kappa shape index (κ3) is 4.85. The molecule has 0 fully saturated rings. The van der Waals surface area contributed by atoms with Gasteiger partial charge in [0.25, 0.3) is 5.56 Å². The minimum Gasteiger partial charge on any atom is -0.324 e. The fourth-order valence-electron chi connectivity index (χ4n) is 3.13. The molecule has 3 rings (SSSR count). The van der Waals surface area contributed by atoms with E-state index >= 15 is 0 Å². The van der Waals surface area contributed by atoms with Gasteiger partial charge < -0.3 is 9.88 Å². The Morgan fingerprint density at radius 2 is 2.10 bits per heavy atom. The summed E-state index contributed by atoms with van der Waals surface area (Å²) in [6.45, 7) is 2.95. The average Bonchev–Trinajstić information content (AvgIpc) is 2.99.